The maximum atomic E-state index is 15.4. The van der Waals surface area contributed by atoms with Crippen LogP contribution >= 0.6 is 0 Å². The SMILES string of the molecule is CC(C)CC1C(=O)NC(C2Cc3ccccc3C2)C(=O)N1C(C(=O)N(C)Cc1ccccn1)c1ccc(F)cc1F. The van der Waals surface area contributed by atoms with Crippen molar-refractivity contribution in [3.63, 3.8) is 0 Å². The molecular weight excluding hydrogens is 526 g/mol. The number of likely N-dealkylation sites (N-methyl/N-ethyl adjacent to an activating group) is 1. The minimum absolute atomic E-state index is 0.00611. The van der Waals surface area contributed by atoms with Crippen LogP contribution in [-0.4, -0.2) is 51.6 Å². The van der Waals surface area contributed by atoms with Crippen LogP contribution in [0, 0.1) is 23.5 Å². The van der Waals surface area contributed by atoms with Gasteiger partial charge in [0.05, 0.1) is 12.2 Å². The number of aromatic nitrogens is 1. The highest BCUT2D eigenvalue weighted by Gasteiger charge is 2.50. The molecule has 1 aromatic heterocycles. The number of carbonyl (C=O) groups excluding carboxylic acids is 3. The molecule has 2 heterocycles. The first kappa shape index (κ1) is 28.4. The van der Waals surface area contributed by atoms with E-state index in [0.29, 0.717) is 24.6 Å². The molecule has 7 nitrogen and oxygen atoms in total. The minimum atomic E-state index is -1.47. The van der Waals surface area contributed by atoms with Gasteiger partial charge in [-0.2, -0.15) is 0 Å². The van der Waals surface area contributed by atoms with Crippen LogP contribution < -0.4 is 5.32 Å². The van der Waals surface area contributed by atoms with E-state index < -0.39 is 41.6 Å². The van der Waals surface area contributed by atoms with Crippen molar-refractivity contribution in [1.82, 2.24) is 20.1 Å². The van der Waals surface area contributed by atoms with Crippen molar-refractivity contribution < 1.29 is 23.2 Å². The molecule has 3 amide bonds. The van der Waals surface area contributed by atoms with Gasteiger partial charge >= 0.3 is 0 Å². The highest BCUT2D eigenvalue weighted by atomic mass is 19.1. The summed E-state index contributed by atoms with van der Waals surface area (Å²) in [5, 5.41) is 2.95. The lowest BCUT2D eigenvalue weighted by Gasteiger charge is -2.45. The van der Waals surface area contributed by atoms with Crippen LogP contribution in [-0.2, 0) is 33.8 Å². The number of nitrogens with one attached hydrogen (secondary N) is 1. The zero-order valence-electron chi connectivity index (χ0n) is 23.4. The summed E-state index contributed by atoms with van der Waals surface area (Å²) >= 11 is 0. The Balaban J connectivity index is 1.56. The summed E-state index contributed by atoms with van der Waals surface area (Å²) < 4.78 is 29.4. The third-order valence-corrected chi connectivity index (χ3v) is 7.98. The quantitative estimate of drug-likeness (QED) is 0.448. The molecule has 2 aromatic carbocycles. The van der Waals surface area contributed by atoms with Gasteiger partial charge in [-0.1, -0.05) is 50.2 Å². The van der Waals surface area contributed by atoms with Crippen molar-refractivity contribution in [2.45, 2.75) is 57.8 Å². The van der Waals surface area contributed by atoms with Gasteiger partial charge in [0.25, 0.3) is 0 Å². The van der Waals surface area contributed by atoms with Gasteiger partial charge in [0, 0.05) is 24.9 Å². The van der Waals surface area contributed by atoms with Crippen molar-refractivity contribution in [1.29, 1.82) is 0 Å². The number of nitrogens with zero attached hydrogens (tertiary/aromatic N) is 3. The summed E-state index contributed by atoms with van der Waals surface area (Å²) in [6.07, 6.45) is 3.06. The van der Waals surface area contributed by atoms with Crippen molar-refractivity contribution in [2.75, 3.05) is 7.05 Å². The second kappa shape index (κ2) is 11.8. The van der Waals surface area contributed by atoms with E-state index in [1.165, 1.54) is 15.9 Å². The van der Waals surface area contributed by atoms with Gasteiger partial charge < -0.3 is 15.1 Å². The molecular formula is C32H34F2N4O3. The normalized spacial score (nSPS) is 19.7. The van der Waals surface area contributed by atoms with E-state index in [9.17, 15) is 18.8 Å². The smallest absolute Gasteiger partial charge is 0.250 e. The highest BCUT2D eigenvalue weighted by molar-refractivity contribution is 6.00. The number of carbonyl (C=O) groups is 3. The fraction of sp³-hybridized carbons (Fsp3) is 0.375. The highest BCUT2D eigenvalue weighted by Crippen LogP contribution is 2.36. The first-order valence-electron chi connectivity index (χ1n) is 13.9. The third kappa shape index (κ3) is 5.85. The molecule has 41 heavy (non-hydrogen) atoms. The minimum Gasteiger partial charge on any atom is -0.342 e. The fourth-order valence-electron chi connectivity index (χ4n) is 6.02. The van der Waals surface area contributed by atoms with Gasteiger partial charge in [0.15, 0.2) is 0 Å². The molecule has 0 radical (unpaired) electrons. The first-order chi connectivity index (χ1) is 19.6. The summed E-state index contributed by atoms with van der Waals surface area (Å²) in [5.41, 5.74) is 2.67. The molecule has 1 fully saturated rings. The molecule has 5 rings (SSSR count). The third-order valence-electron chi connectivity index (χ3n) is 7.98. The van der Waals surface area contributed by atoms with Crippen molar-refractivity contribution in [2.24, 2.45) is 11.8 Å². The Morgan fingerprint density at radius 2 is 1.73 bits per heavy atom. The lowest BCUT2D eigenvalue weighted by Crippen LogP contribution is -2.67. The van der Waals surface area contributed by atoms with E-state index in [-0.39, 0.29) is 36.3 Å². The average molecular weight is 561 g/mol. The monoisotopic (exact) mass is 560 g/mol. The van der Waals surface area contributed by atoms with Crippen LogP contribution in [0.5, 0.6) is 0 Å². The molecule has 0 saturated carbocycles. The number of halogens is 2. The molecule has 1 N–H and O–H groups in total. The van der Waals surface area contributed by atoms with E-state index in [0.717, 1.165) is 17.2 Å². The Morgan fingerprint density at radius 3 is 2.34 bits per heavy atom. The average Bonchev–Trinajstić information content (AvgIpc) is 3.37. The van der Waals surface area contributed by atoms with Gasteiger partial charge in [0.2, 0.25) is 17.7 Å². The number of hydrogen-bond donors (Lipinski definition) is 1. The predicted octanol–water partition coefficient (Wildman–Crippen LogP) is 4.22. The summed E-state index contributed by atoms with van der Waals surface area (Å²) in [6, 6.07) is 12.8. The topological polar surface area (TPSA) is 82.6 Å². The summed E-state index contributed by atoms with van der Waals surface area (Å²) in [7, 11) is 1.54. The van der Waals surface area contributed by atoms with Gasteiger partial charge in [0.1, 0.15) is 29.8 Å². The van der Waals surface area contributed by atoms with E-state index in [1.54, 1.807) is 31.4 Å². The van der Waals surface area contributed by atoms with Crippen molar-refractivity contribution >= 4 is 17.7 Å². The molecule has 0 spiro atoms. The Bertz CT molecular complexity index is 1420. The van der Waals surface area contributed by atoms with Crippen LogP contribution in [0.2, 0.25) is 0 Å². The van der Waals surface area contributed by atoms with Crippen LogP contribution in [0.15, 0.2) is 66.9 Å². The Kier molecular flexibility index (Phi) is 8.15. The number of fused-ring (bicyclic) bond motifs is 1. The lowest BCUT2D eigenvalue weighted by molar-refractivity contribution is -0.160. The van der Waals surface area contributed by atoms with Gasteiger partial charge in [-0.15, -0.1) is 0 Å². The number of pyridine rings is 1. The van der Waals surface area contributed by atoms with Gasteiger partial charge in [-0.05, 0) is 60.4 Å². The molecule has 214 valence electrons. The van der Waals surface area contributed by atoms with E-state index in [1.807, 2.05) is 38.1 Å². The van der Waals surface area contributed by atoms with Crippen LogP contribution in [0.1, 0.15) is 48.7 Å². The Hall–Kier alpha value is -4.14. The zero-order valence-corrected chi connectivity index (χ0v) is 23.4. The molecule has 1 saturated heterocycles. The van der Waals surface area contributed by atoms with E-state index in [2.05, 4.69) is 10.3 Å². The van der Waals surface area contributed by atoms with Crippen LogP contribution in [0.4, 0.5) is 8.78 Å². The number of benzene rings is 2. The molecule has 3 atom stereocenters. The van der Waals surface area contributed by atoms with E-state index >= 15 is 4.39 Å². The van der Waals surface area contributed by atoms with E-state index in [4.69, 9.17) is 0 Å². The fourth-order valence-corrected chi connectivity index (χ4v) is 6.02. The van der Waals surface area contributed by atoms with Crippen LogP contribution in [0.25, 0.3) is 0 Å². The maximum absolute atomic E-state index is 15.4. The van der Waals surface area contributed by atoms with Crippen molar-refractivity contribution in [3.8, 4) is 0 Å². The molecule has 1 aliphatic carbocycles. The predicted molar refractivity (Wildman–Crippen MR) is 149 cm³/mol. The standard InChI is InChI=1S/C32H34F2N4O3/c1-19(2)14-27-30(39)36-28(22-15-20-8-4-5-9-21(20)16-22)31(40)38(27)29(25-12-11-23(33)17-26(25)34)32(41)37(3)18-24-10-6-7-13-35-24/h4-13,17,19,22,27-29H,14-16,18H2,1-3H3,(H,36,39). The molecule has 1 aliphatic heterocycles. The molecule has 0 bridgehead atoms. The summed E-state index contributed by atoms with van der Waals surface area (Å²) in [6.45, 7) is 3.93. The first-order valence-corrected chi connectivity index (χ1v) is 13.9. The summed E-state index contributed by atoms with van der Waals surface area (Å²) in [4.78, 5) is 49.2. The summed E-state index contributed by atoms with van der Waals surface area (Å²) in [5.74, 6) is -3.40. The van der Waals surface area contributed by atoms with Crippen LogP contribution in [0.3, 0.4) is 0 Å². The molecule has 2 aliphatic rings. The molecule has 3 unspecified atom stereocenters. The molecule has 3 aromatic rings. The maximum Gasteiger partial charge on any atom is 0.250 e. The second-order valence-corrected chi connectivity index (χ2v) is 11.4. The number of amides is 3. The van der Waals surface area contributed by atoms with Gasteiger partial charge in [-0.25, -0.2) is 8.78 Å². The Morgan fingerprint density at radius 1 is 1.05 bits per heavy atom. The number of rotatable bonds is 8. The zero-order chi connectivity index (χ0) is 29.3. The lowest BCUT2D eigenvalue weighted by atomic mass is 9.87. The number of piperazine rings is 1. The van der Waals surface area contributed by atoms with Crippen molar-refractivity contribution in [3.05, 3.63) is 101 Å². The second-order valence-electron chi connectivity index (χ2n) is 11.4. The number of hydrogen-bond acceptors (Lipinski definition) is 4. The molecule has 9 heteroatoms. The Labute approximate surface area is 238 Å². The largest absolute Gasteiger partial charge is 0.342 e. The van der Waals surface area contributed by atoms with Gasteiger partial charge in [-0.3, -0.25) is 19.4 Å².